The normalized spacial score (nSPS) is 12.5. The molecule has 0 amide bonds. The molecule has 0 N–H and O–H groups in total. The van der Waals surface area contributed by atoms with Gasteiger partial charge in [0.1, 0.15) is 0 Å². The Morgan fingerprint density at radius 2 is 1.43 bits per heavy atom. The molecule has 21 heavy (non-hydrogen) atoms. The largest absolute Gasteiger partial charge is 0.462 e. The predicted molar refractivity (Wildman–Crippen MR) is 91.3 cm³/mol. The van der Waals surface area contributed by atoms with Crippen LogP contribution in [0.5, 0.6) is 0 Å². The summed E-state index contributed by atoms with van der Waals surface area (Å²) in [6, 6.07) is 0. The zero-order valence-electron chi connectivity index (χ0n) is 15.1. The highest BCUT2D eigenvalue weighted by molar-refractivity contribution is 5.81. The number of esters is 1. The summed E-state index contributed by atoms with van der Waals surface area (Å²) < 4.78 is 5.26. The summed E-state index contributed by atoms with van der Waals surface area (Å²) in [5.41, 5.74) is 0.765. The summed E-state index contributed by atoms with van der Waals surface area (Å²) in [6.45, 7) is 17.7. The van der Waals surface area contributed by atoms with Gasteiger partial charge in [-0.05, 0) is 42.4 Å². The van der Waals surface area contributed by atoms with Gasteiger partial charge < -0.3 is 4.74 Å². The van der Waals surface area contributed by atoms with E-state index in [2.05, 4.69) is 48.1 Å². The Morgan fingerprint density at radius 3 is 1.76 bits per heavy atom. The molecule has 0 radical (unpaired) electrons. The van der Waals surface area contributed by atoms with Gasteiger partial charge in [0.05, 0.1) is 6.61 Å². The van der Waals surface area contributed by atoms with Crippen LogP contribution in [0.4, 0.5) is 0 Å². The molecule has 0 aromatic heterocycles. The van der Waals surface area contributed by atoms with Crippen LogP contribution < -0.4 is 0 Å². The van der Waals surface area contributed by atoms with Crippen LogP contribution in [0.3, 0.4) is 0 Å². The quantitative estimate of drug-likeness (QED) is 0.399. The van der Waals surface area contributed by atoms with E-state index in [1.165, 1.54) is 31.8 Å². The van der Waals surface area contributed by atoms with E-state index < -0.39 is 0 Å². The highest BCUT2D eigenvalue weighted by Crippen LogP contribution is 2.27. The van der Waals surface area contributed by atoms with Gasteiger partial charge in [0.25, 0.3) is 0 Å². The number of carbonyl (C=O) groups excluding carboxylic acids is 1. The standard InChI is InChI=1S/C19H36O2/c1-8-17(20)21-15-16(11-9-13-18(2,3)4)12-10-14-19(5,6)7/h8,16H,1,9-15H2,2-7H3. The van der Waals surface area contributed by atoms with E-state index in [-0.39, 0.29) is 5.97 Å². The number of hydrogen-bond acceptors (Lipinski definition) is 2. The molecule has 0 aliphatic rings. The molecule has 0 heterocycles. The Kier molecular flexibility index (Phi) is 8.92. The lowest BCUT2D eigenvalue weighted by atomic mass is 9.85. The lowest BCUT2D eigenvalue weighted by Crippen LogP contribution is -2.15. The molecule has 0 rings (SSSR count). The first kappa shape index (κ1) is 20.2. The number of hydrogen-bond donors (Lipinski definition) is 0. The van der Waals surface area contributed by atoms with Crippen LogP contribution in [-0.2, 0) is 9.53 Å². The Balaban J connectivity index is 4.20. The maximum Gasteiger partial charge on any atom is 0.330 e. The van der Waals surface area contributed by atoms with E-state index in [4.69, 9.17) is 4.74 Å². The van der Waals surface area contributed by atoms with Gasteiger partial charge in [-0.15, -0.1) is 0 Å². The van der Waals surface area contributed by atoms with Crippen LogP contribution in [0.2, 0.25) is 0 Å². The van der Waals surface area contributed by atoms with E-state index in [0.29, 0.717) is 23.4 Å². The van der Waals surface area contributed by atoms with E-state index in [0.717, 1.165) is 12.8 Å². The van der Waals surface area contributed by atoms with Crippen molar-refractivity contribution in [2.24, 2.45) is 16.7 Å². The molecule has 0 aliphatic carbocycles. The van der Waals surface area contributed by atoms with Gasteiger partial charge in [0.15, 0.2) is 0 Å². The molecule has 0 saturated heterocycles. The van der Waals surface area contributed by atoms with Gasteiger partial charge in [-0.25, -0.2) is 4.79 Å². The lowest BCUT2D eigenvalue weighted by molar-refractivity contribution is -0.139. The maximum absolute atomic E-state index is 11.2. The molecule has 0 unspecified atom stereocenters. The van der Waals surface area contributed by atoms with Gasteiger partial charge >= 0.3 is 5.97 Å². The highest BCUT2D eigenvalue weighted by Gasteiger charge is 2.16. The average molecular weight is 296 g/mol. The molecular weight excluding hydrogens is 260 g/mol. The van der Waals surface area contributed by atoms with Crippen LogP contribution in [0, 0.1) is 16.7 Å². The zero-order chi connectivity index (χ0) is 16.5. The van der Waals surface area contributed by atoms with Crippen LogP contribution in [0.15, 0.2) is 12.7 Å². The molecule has 2 nitrogen and oxygen atoms in total. The molecule has 0 spiro atoms. The third-order valence-electron chi connectivity index (χ3n) is 3.71. The number of rotatable bonds is 9. The molecule has 0 fully saturated rings. The minimum Gasteiger partial charge on any atom is -0.462 e. The molecule has 0 saturated carbocycles. The Morgan fingerprint density at radius 1 is 1.00 bits per heavy atom. The Bertz CT molecular complexity index is 285. The van der Waals surface area contributed by atoms with Gasteiger partial charge in [-0.1, -0.05) is 61.0 Å². The molecule has 124 valence electrons. The van der Waals surface area contributed by atoms with Crippen molar-refractivity contribution >= 4 is 5.97 Å². The van der Waals surface area contributed by atoms with Crippen molar-refractivity contribution in [3.63, 3.8) is 0 Å². The minimum atomic E-state index is -0.299. The molecular formula is C19H36O2. The SMILES string of the molecule is C=CC(=O)OCC(CCCC(C)(C)C)CCCC(C)(C)C. The van der Waals surface area contributed by atoms with Gasteiger partial charge in [-0.3, -0.25) is 0 Å². The van der Waals surface area contributed by atoms with Crippen molar-refractivity contribution in [2.75, 3.05) is 6.61 Å². The maximum atomic E-state index is 11.2. The summed E-state index contributed by atoms with van der Waals surface area (Å²) >= 11 is 0. The molecule has 0 bridgehead atoms. The summed E-state index contributed by atoms with van der Waals surface area (Å²) in [5.74, 6) is 0.185. The van der Waals surface area contributed by atoms with Crippen molar-refractivity contribution < 1.29 is 9.53 Å². The van der Waals surface area contributed by atoms with Crippen molar-refractivity contribution in [1.82, 2.24) is 0 Å². The second kappa shape index (κ2) is 9.27. The fourth-order valence-electron chi connectivity index (χ4n) is 2.41. The molecule has 0 aliphatic heterocycles. The predicted octanol–water partition coefficient (Wildman–Crippen LogP) is 5.76. The van der Waals surface area contributed by atoms with Crippen LogP contribution in [0.1, 0.15) is 80.1 Å². The lowest BCUT2D eigenvalue weighted by Gasteiger charge is -2.23. The van der Waals surface area contributed by atoms with Crippen molar-refractivity contribution in [2.45, 2.75) is 80.1 Å². The first-order chi connectivity index (χ1) is 9.53. The van der Waals surface area contributed by atoms with Crippen LogP contribution in [-0.4, -0.2) is 12.6 Å². The molecule has 0 aromatic rings. The minimum absolute atomic E-state index is 0.299. The summed E-state index contributed by atoms with van der Waals surface area (Å²) in [5, 5.41) is 0. The van der Waals surface area contributed by atoms with Crippen LogP contribution in [0.25, 0.3) is 0 Å². The smallest absolute Gasteiger partial charge is 0.330 e. The number of carbonyl (C=O) groups is 1. The first-order valence-corrected chi connectivity index (χ1v) is 8.33. The van der Waals surface area contributed by atoms with Crippen LogP contribution >= 0.6 is 0 Å². The number of ether oxygens (including phenoxy) is 1. The molecule has 0 atom stereocenters. The van der Waals surface area contributed by atoms with Crippen molar-refractivity contribution in [3.05, 3.63) is 12.7 Å². The zero-order valence-corrected chi connectivity index (χ0v) is 15.1. The third kappa shape index (κ3) is 13.9. The fourth-order valence-corrected chi connectivity index (χ4v) is 2.41. The Labute approximate surface area is 132 Å². The van der Waals surface area contributed by atoms with E-state index >= 15 is 0 Å². The van der Waals surface area contributed by atoms with Gasteiger partial charge in [-0.2, -0.15) is 0 Å². The molecule has 0 aromatic carbocycles. The third-order valence-corrected chi connectivity index (χ3v) is 3.71. The summed E-state index contributed by atoms with van der Waals surface area (Å²) in [6.07, 6.45) is 8.39. The highest BCUT2D eigenvalue weighted by atomic mass is 16.5. The summed E-state index contributed by atoms with van der Waals surface area (Å²) in [7, 11) is 0. The topological polar surface area (TPSA) is 26.3 Å². The summed E-state index contributed by atoms with van der Waals surface area (Å²) in [4.78, 5) is 11.2. The average Bonchev–Trinajstić information content (AvgIpc) is 2.31. The first-order valence-electron chi connectivity index (χ1n) is 8.33. The van der Waals surface area contributed by atoms with Crippen molar-refractivity contribution in [3.8, 4) is 0 Å². The van der Waals surface area contributed by atoms with Crippen molar-refractivity contribution in [1.29, 1.82) is 0 Å². The molecule has 2 heteroatoms. The van der Waals surface area contributed by atoms with E-state index in [1.54, 1.807) is 0 Å². The second-order valence-electron chi connectivity index (χ2n) is 8.61. The second-order valence-corrected chi connectivity index (χ2v) is 8.61. The monoisotopic (exact) mass is 296 g/mol. The van der Waals surface area contributed by atoms with E-state index in [9.17, 15) is 4.79 Å². The fraction of sp³-hybridized carbons (Fsp3) is 0.842. The van der Waals surface area contributed by atoms with Gasteiger partial charge in [0, 0.05) is 6.08 Å². The van der Waals surface area contributed by atoms with E-state index in [1.807, 2.05) is 0 Å². The van der Waals surface area contributed by atoms with Gasteiger partial charge in [0.2, 0.25) is 0 Å². The Hall–Kier alpha value is -0.790.